The van der Waals surface area contributed by atoms with E-state index in [1.165, 1.54) is 0 Å². The number of fused-ring (bicyclic) bond motifs is 1. The number of benzene rings is 2. The number of ketones is 1. The van der Waals surface area contributed by atoms with E-state index in [9.17, 15) is 14.7 Å². The maximum absolute atomic E-state index is 13.4. The molecule has 0 spiro atoms. The van der Waals surface area contributed by atoms with E-state index in [0.717, 1.165) is 37.2 Å². The first-order chi connectivity index (χ1) is 17.7. The molecule has 1 amide bonds. The largest absolute Gasteiger partial charge is 0.507 e. The second-order valence-corrected chi connectivity index (χ2v) is 10.6. The molecule has 1 fully saturated rings. The summed E-state index contributed by atoms with van der Waals surface area (Å²) in [6.07, 6.45) is 0.731. The normalized spacial score (nSPS) is 19.1. The van der Waals surface area contributed by atoms with Gasteiger partial charge in [0.25, 0.3) is 11.7 Å². The average Bonchev–Trinajstić information content (AvgIpc) is 3.15. The van der Waals surface area contributed by atoms with Crippen molar-refractivity contribution in [1.82, 2.24) is 9.80 Å². The van der Waals surface area contributed by atoms with Crippen molar-refractivity contribution >= 4 is 17.4 Å². The van der Waals surface area contributed by atoms with Gasteiger partial charge in [0.1, 0.15) is 19.0 Å². The van der Waals surface area contributed by atoms with Crippen molar-refractivity contribution in [1.29, 1.82) is 0 Å². The number of carbonyl (C=O) groups is 2. The van der Waals surface area contributed by atoms with Crippen LogP contribution in [0.15, 0.2) is 48.0 Å². The highest BCUT2D eigenvalue weighted by atomic mass is 16.6. The molecule has 0 radical (unpaired) electrons. The summed E-state index contributed by atoms with van der Waals surface area (Å²) < 4.78 is 11.3. The molecule has 4 rings (SSSR count). The molecule has 1 saturated heterocycles. The van der Waals surface area contributed by atoms with Crippen LogP contribution in [-0.4, -0.2) is 66.0 Å². The first-order valence-corrected chi connectivity index (χ1v) is 13.2. The van der Waals surface area contributed by atoms with Gasteiger partial charge in [-0.15, -0.1) is 0 Å². The topological polar surface area (TPSA) is 79.3 Å². The SMILES string of the molecule is CCN(CC)CCCN1C(=O)C(=O)/C(=C(/O)c2ccc3c(c2)OCCO3)[C@H]1c1ccc(C(C)(C)C)cc1. The van der Waals surface area contributed by atoms with Crippen molar-refractivity contribution in [2.75, 3.05) is 39.4 Å². The Morgan fingerprint density at radius 2 is 1.65 bits per heavy atom. The molecular formula is C30H38N2O5. The number of ether oxygens (including phenoxy) is 2. The number of hydrogen-bond donors (Lipinski definition) is 1. The zero-order valence-electron chi connectivity index (χ0n) is 22.5. The van der Waals surface area contributed by atoms with Crippen LogP contribution in [0.4, 0.5) is 0 Å². The lowest BCUT2D eigenvalue weighted by Gasteiger charge is -2.27. The van der Waals surface area contributed by atoms with Gasteiger partial charge in [0.05, 0.1) is 11.6 Å². The fourth-order valence-corrected chi connectivity index (χ4v) is 4.97. The van der Waals surface area contributed by atoms with Crippen LogP contribution in [0.5, 0.6) is 11.5 Å². The highest BCUT2D eigenvalue weighted by Crippen LogP contribution is 2.41. The van der Waals surface area contributed by atoms with Crippen molar-refractivity contribution in [2.24, 2.45) is 0 Å². The molecule has 2 aliphatic rings. The maximum Gasteiger partial charge on any atom is 0.295 e. The summed E-state index contributed by atoms with van der Waals surface area (Å²) in [6.45, 7) is 14.6. The predicted octanol–water partition coefficient (Wildman–Crippen LogP) is 4.91. The van der Waals surface area contributed by atoms with Gasteiger partial charge >= 0.3 is 0 Å². The number of carbonyl (C=O) groups excluding carboxylic acids is 2. The van der Waals surface area contributed by atoms with E-state index < -0.39 is 17.7 Å². The standard InChI is InChI=1S/C30H38N2O5/c1-6-31(7-2)15-8-16-32-26(20-9-12-22(13-10-20)30(3,4)5)25(28(34)29(32)35)27(33)21-11-14-23-24(19-21)37-18-17-36-23/h9-14,19,26,33H,6-8,15-18H2,1-5H3/b27-25+/t26-/m1/s1. The second-order valence-electron chi connectivity index (χ2n) is 10.6. The molecule has 2 aromatic carbocycles. The lowest BCUT2D eigenvalue weighted by atomic mass is 9.85. The zero-order valence-corrected chi connectivity index (χ0v) is 22.5. The van der Waals surface area contributed by atoms with Crippen LogP contribution >= 0.6 is 0 Å². The highest BCUT2D eigenvalue weighted by Gasteiger charge is 2.46. The molecule has 0 aromatic heterocycles. The number of hydrogen-bond acceptors (Lipinski definition) is 6. The Hall–Kier alpha value is -3.32. The number of likely N-dealkylation sites (tertiary alicyclic amines) is 1. The molecule has 1 atom stereocenters. The summed E-state index contributed by atoms with van der Waals surface area (Å²) in [5.41, 5.74) is 2.44. The average molecular weight is 507 g/mol. The highest BCUT2D eigenvalue weighted by molar-refractivity contribution is 6.46. The van der Waals surface area contributed by atoms with E-state index in [1.54, 1.807) is 23.1 Å². The molecule has 0 bridgehead atoms. The minimum Gasteiger partial charge on any atom is -0.507 e. The number of Topliss-reactive ketones (excluding diaryl/α,β-unsaturated/α-hetero) is 1. The summed E-state index contributed by atoms with van der Waals surface area (Å²) in [5.74, 6) is -0.348. The van der Waals surface area contributed by atoms with Gasteiger partial charge in [-0.3, -0.25) is 9.59 Å². The van der Waals surface area contributed by atoms with Crippen LogP contribution in [0.1, 0.15) is 63.8 Å². The molecule has 7 nitrogen and oxygen atoms in total. The number of aliphatic hydroxyl groups excluding tert-OH is 1. The number of rotatable bonds is 8. The Morgan fingerprint density at radius 3 is 2.27 bits per heavy atom. The molecule has 198 valence electrons. The van der Waals surface area contributed by atoms with Crippen LogP contribution < -0.4 is 9.47 Å². The molecule has 0 unspecified atom stereocenters. The molecule has 0 saturated carbocycles. The van der Waals surface area contributed by atoms with Gasteiger partial charge < -0.3 is 24.4 Å². The smallest absolute Gasteiger partial charge is 0.295 e. The summed E-state index contributed by atoms with van der Waals surface area (Å²) in [6, 6.07) is 12.4. The van der Waals surface area contributed by atoms with Crippen molar-refractivity contribution in [2.45, 2.75) is 52.5 Å². The van der Waals surface area contributed by atoms with Gasteiger partial charge in [0.15, 0.2) is 11.5 Å². The third-order valence-corrected chi connectivity index (χ3v) is 7.22. The van der Waals surface area contributed by atoms with Gasteiger partial charge in [-0.1, -0.05) is 58.9 Å². The van der Waals surface area contributed by atoms with E-state index in [4.69, 9.17) is 9.47 Å². The molecule has 1 N–H and O–H groups in total. The second kappa shape index (κ2) is 11.0. The lowest BCUT2D eigenvalue weighted by molar-refractivity contribution is -0.140. The first-order valence-electron chi connectivity index (χ1n) is 13.2. The van der Waals surface area contributed by atoms with Crippen LogP contribution in [0.3, 0.4) is 0 Å². The van der Waals surface area contributed by atoms with Crippen molar-refractivity contribution in [3.8, 4) is 11.5 Å². The van der Waals surface area contributed by atoms with E-state index in [-0.39, 0.29) is 16.7 Å². The van der Waals surface area contributed by atoms with Gasteiger partial charge in [-0.05, 0) is 60.8 Å². The van der Waals surface area contributed by atoms with E-state index >= 15 is 0 Å². The van der Waals surface area contributed by atoms with Gasteiger partial charge in [-0.2, -0.15) is 0 Å². The van der Waals surface area contributed by atoms with Crippen molar-refractivity contribution in [3.63, 3.8) is 0 Å². The van der Waals surface area contributed by atoms with E-state index in [1.807, 2.05) is 24.3 Å². The van der Waals surface area contributed by atoms with Gasteiger partial charge in [-0.25, -0.2) is 0 Å². The van der Waals surface area contributed by atoms with E-state index in [2.05, 4.69) is 39.5 Å². The molecule has 7 heteroatoms. The van der Waals surface area contributed by atoms with E-state index in [0.29, 0.717) is 36.8 Å². The number of amides is 1. The third kappa shape index (κ3) is 5.52. The molecule has 2 heterocycles. The van der Waals surface area contributed by atoms with Crippen LogP contribution in [0, 0.1) is 0 Å². The van der Waals surface area contributed by atoms with Gasteiger partial charge in [0, 0.05) is 12.1 Å². The lowest BCUT2D eigenvalue weighted by Crippen LogP contribution is -2.33. The Bertz CT molecular complexity index is 1180. The summed E-state index contributed by atoms with van der Waals surface area (Å²) in [7, 11) is 0. The zero-order chi connectivity index (χ0) is 26.7. The quantitative estimate of drug-likeness (QED) is 0.311. The van der Waals surface area contributed by atoms with Crippen LogP contribution in [0.2, 0.25) is 0 Å². The van der Waals surface area contributed by atoms with Crippen LogP contribution in [0.25, 0.3) is 5.76 Å². The fourth-order valence-electron chi connectivity index (χ4n) is 4.97. The Kier molecular flexibility index (Phi) is 7.93. The first kappa shape index (κ1) is 26.7. The number of aliphatic hydroxyl groups is 1. The van der Waals surface area contributed by atoms with Crippen molar-refractivity contribution in [3.05, 3.63) is 64.7 Å². The minimum absolute atomic E-state index is 0.0324. The summed E-state index contributed by atoms with van der Waals surface area (Å²) >= 11 is 0. The molecular weight excluding hydrogens is 468 g/mol. The third-order valence-electron chi connectivity index (χ3n) is 7.22. The number of nitrogens with zero attached hydrogens (tertiary/aromatic N) is 2. The summed E-state index contributed by atoms with van der Waals surface area (Å²) in [5, 5.41) is 11.4. The molecule has 37 heavy (non-hydrogen) atoms. The molecule has 2 aromatic rings. The van der Waals surface area contributed by atoms with Crippen molar-refractivity contribution < 1.29 is 24.2 Å². The summed E-state index contributed by atoms with van der Waals surface area (Å²) in [4.78, 5) is 30.5. The van der Waals surface area contributed by atoms with Gasteiger partial charge in [0.2, 0.25) is 0 Å². The molecule has 2 aliphatic heterocycles. The maximum atomic E-state index is 13.4. The Morgan fingerprint density at radius 1 is 1.00 bits per heavy atom. The Balaban J connectivity index is 1.75. The van der Waals surface area contributed by atoms with Crippen LogP contribution in [-0.2, 0) is 15.0 Å². The predicted molar refractivity (Wildman–Crippen MR) is 144 cm³/mol. The Labute approximate surface area is 219 Å². The minimum atomic E-state index is -0.668. The molecule has 0 aliphatic carbocycles. The monoisotopic (exact) mass is 506 g/mol. The fraction of sp³-hybridized carbons (Fsp3) is 0.467.